The Morgan fingerprint density at radius 1 is 1.36 bits per heavy atom. The predicted octanol–water partition coefficient (Wildman–Crippen LogP) is 1.86. The summed E-state index contributed by atoms with van der Waals surface area (Å²) in [6, 6.07) is 3.59. The van der Waals surface area contributed by atoms with E-state index in [0.717, 1.165) is 12.0 Å². The Bertz CT molecular complexity index is 322. The lowest BCUT2D eigenvalue weighted by molar-refractivity contribution is 0.0990. The number of rotatable bonds is 0. The van der Waals surface area contributed by atoms with E-state index in [1.54, 1.807) is 6.07 Å². The number of ketones is 1. The van der Waals surface area contributed by atoms with Gasteiger partial charge in [0, 0.05) is 6.42 Å². The van der Waals surface area contributed by atoms with Gasteiger partial charge in [-0.15, -0.1) is 0 Å². The van der Waals surface area contributed by atoms with Gasteiger partial charge in [0.2, 0.25) is 0 Å². The van der Waals surface area contributed by atoms with Gasteiger partial charge in [-0.05, 0) is 18.1 Å². The molecule has 2 nitrogen and oxygen atoms in total. The fraction of sp³-hybridized carbons (Fsp3) is 0.250. The van der Waals surface area contributed by atoms with Crippen LogP contribution in [0.5, 0.6) is 0 Å². The number of halogens is 1. The van der Waals surface area contributed by atoms with Crippen LogP contribution in [0.3, 0.4) is 0 Å². The number of Topliss-reactive ketones (excluding diaryl/α,β-unsaturated/α-hetero) is 1. The summed E-state index contributed by atoms with van der Waals surface area (Å²) < 4.78 is 0. The van der Waals surface area contributed by atoms with E-state index >= 15 is 0 Å². The molecule has 0 amide bonds. The molecule has 0 spiro atoms. The van der Waals surface area contributed by atoms with Crippen LogP contribution in [-0.4, -0.2) is 10.8 Å². The average Bonchev–Trinajstić information content (AvgIpc) is 2.33. The van der Waals surface area contributed by atoms with Crippen molar-refractivity contribution in [3.8, 4) is 0 Å². The van der Waals surface area contributed by atoms with Crippen LogP contribution in [0.25, 0.3) is 0 Å². The van der Waals surface area contributed by atoms with Crippen LogP contribution in [0, 0.1) is 0 Å². The van der Waals surface area contributed by atoms with Gasteiger partial charge >= 0.3 is 0 Å². The highest BCUT2D eigenvalue weighted by Crippen LogP contribution is 2.21. The zero-order valence-corrected chi connectivity index (χ0v) is 6.56. The molecule has 1 aliphatic rings. The van der Waals surface area contributed by atoms with Gasteiger partial charge in [0.15, 0.2) is 5.78 Å². The van der Waals surface area contributed by atoms with Crippen molar-refractivity contribution in [3.05, 3.63) is 28.5 Å². The van der Waals surface area contributed by atoms with Crippen LogP contribution < -0.4 is 0 Å². The molecule has 0 aromatic carbocycles. The largest absolute Gasteiger partial charge is 0.292 e. The maximum Gasteiger partial charge on any atom is 0.181 e. The van der Waals surface area contributed by atoms with Crippen LogP contribution in [0.15, 0.2) is 12.1 Å². The molecule has 2 rings (SSSR count). The van der Waals surface area contributed by atoms with Crippen molar-refractivity contribution in [1.29, 1.82) is 0 Å². The van der Waals surface area contributed by atoms with Crippen LogP contribution in [0.1, 0.15) is 22.5 Å². The minimum atomic E-state index is 0.113. The van der Waals surface area contributed by atoms with E-state index in [4.69, 9.17) is 11.6 Å². The second kappa shape index (κ2) is 2.31. The number of hydrogen-bond acceptors (Lipinski definition) is 2. The van der Waals surface area contributed by atoms with Gasteiger partial charge < -0.3 is 0 Å². The Balaban J connectivity index is 2.60. The third-order valence-electron chi connectivity index (χ3n) is 1.83. The molecule has 3 heteroatoms. The summed E-state index contributed by atoms with van der Waals surface area (Å²) in [4.78, 5) is 15.0. The SMILES string of the molecule is O=C1CCc2ccc(Cl)nc21. The first-order chi connectivity index (χ1) is 5.27. The quantitative estimate of drug-likeness (QED) is 0.552. The Labute approximate surface area is 69.2 Å². The normalized spacial score (nSPS) is 15.2. The second-order valence-electron chi connectivity index (χ2n) is 2.56. The van der Waals surface area contributed by atoms with Crippen molar-refractivity contribution in [1.82, 2.24) is 4.98 Å². The summed E-state index contributed by atoms with van der Waals surface area (Å²) in [7, 11) is 0. The van der Waals surface area contributed by atoms with Crippen LogP contribution in [-0.2, 0) is 6.42 Å². The summed E-state index contributed by atoms with van der Waals surface area (Å²) in [5, 5.41) is 0.402. The van der Waals surface area contributed by atoms with E-state index < -0.39 is 0 Å². The maximum absolute atomic E-state index is 11.1. The average molecular weight is 168 g/mol. The first-order valence-corrected chi connectivity index (χ1v) is 3.84. The molecule has 11 heavy (non-hydrogen) atoms. The lowest BCUT2D eigenvalue weighted by Gasteiger charge is -1.94. The topological polar surface area (TPSA) is 30.0 Å². The Morgan fingerprint density at radius 2 is 2.18 bits per heavy atom. The fourth-order valence-electron chi connectivity index (χ4n) is 1.27. The van der Waals surface area contributed by atoms with E-state index in [9.17, 15) is 4.79 Å². The first kappa shape index (κ1) is 6.80. The van der Waals surface area contributed by atoms with E-state index in [1.165, 1.54) is 0 Å². The summed E-state index contributed by atoms with van der Waals surface area (Å²) in [6.45, 7) is 0. The van der Waals surface area contributed by atoms with E-state index in [-0.39, 0.29) is 5.78 Å². The molecule has 1 aromatic rings. The maximum atomic E-state index is 11.1. The highest BCUT2D eigenvalue weighted by Gasteiger charge is 2.20. The number of pyridine rings is 1. The summed E-state index contributed by atoms with van der Waals surface area (Å²) >= 11 is 5.63. The molecular weight excluding hydrogens is 162 g/mol. The predicted molar refractivity (Wildman–Crippen MR) is 41.9 cm³/mol. The molecule has 0 fully saturated rings. The molecule has 0 saturated heterocycles. The Morgan fingerprint density at radius 3 is 3.00 bits per heavy atom. The van der Waals surface area contributed by atoms with Crippen LogP contribution >= 0.6 is 11.6 Å². The Hall–Kier alpha value is -0.890. The second-order valence-corrected chi connectivity index (χ2v) is 2.95. The van der Waals surface area contributed by atoms with Crippen molar-refractivity contribution in [3.63, 3.8) is 0 Å². The van der Waals surface area contributed by atoms with Gasteiger partial charge in [-0.3, -0.25) is 4.79 Å². The zero-order valence-electron chi connectivity index (χ0n) is 5.80. The van der Waals surface area contributed by atoms with Gasteiger partial charge in [-0.2, -0.15) is 0 Å². The molecule has 0 unspecified atom stereocenters. The molecule has 1 heterocycles. The Kier molecular flexibility index (Phi) is 1.43. The third kappa shape index (κ3) is 1.03. The van der Waals surface area contributed by atoms with Crippen molar-refractivity contribution in [2.75, 3.05) is 0 Å². The molecule has 1 aromatic heterocycles. The molecule has 0 atom stereocenters. The number of carbonyl (C=O) groups excluding carboxylic acids is 1. The standard InChI is InChI=1S/C8H6ClNO/c9-7-4-2-5-1-3-6(11)8(5)10-7/h2,4H,1,3H2. The number of aromatic nitrogens is 1. The zero-order chi connectivity index (χ0) is 7.84. The molecule has 0 saturated carbocycles. The lowest BCUT2D eigenvalue weighted by Crippen LogP contribution is -1.95. The van der Waals surface area contributed by atoms with Crippen molar-refractivity contribution < 1.29 is 4.79 Å². The number of fused-ring (bicyclic) bond motifs is 1. The van der Waals surface area contributed by atoms with Crippen LogP contribution in [0.4, 0.5) is 0 Å². The van der Waals surface area contributed by atoms with Gasteiger partial charge in [0.05, 0.1) is 0 Å². The molecule has 56 valence electrons. The first-order valence-electron chi connectivity index (χ1n) is 3.46. The van der Waals surface area contributed by atoms with E-state index in [1.807, 2.05) is 6.07 Å². The molecule has 0 bridgehead atoms. The summed E-state index contributed by atoms with van der Waals surface area (Å²) in [6.07, 6.45) is 1.40. The monoisotopic (exact) mass is 167 g/mol. The molecule has 0 aliphatic heterocycles. The molecular formula is C8H6ClNO. The highest BCUT2D eigenvalue weighted by atomic mass is 35.5. The number of carbonyl (C=O) groups is 1. The highest BCUT2D eigenvalue weighted by molar-refractivity contribution is 6.29. The molecule has 0 N–H and O–H groups in total. The van der Waals surface area contributed by atoms with Gasteiger partial charge in [0.1, 0.15) is 10.8 Å². The number of nitrogens with zero attached hydrogens (tertiary/aromatic N) is 1. The summed E-state index contributed by atoms with van der Waals surface area (Å²) in [5.74, 6) is 0.113. The van der Waals surface area contributed by atoms with E-state index in [0.29, 0.717) is 17.3 Å². The van der Waals surface area contributed by atoms with Gasteiger partial charge in [-0.25, -0.2) is 4.98 Å². The van der Waals surface area contributed by atoms with Crippen molar-refractivity contribution in [2.24, 2.45) is 0 Å². The van der Waals surface area contributed by atoms with E-state index in [2.05, 4.69) is 4.98 Å². The number of hydrogen-bond donors (Lipinski definition) is 0. The van der Waals surface area contributed by atoms with Crippen LogP contribution in [0.2, 0.25) is 5.15 Å². The minimum absolute atomic E-state index is 0.113. The third-order valence-corrected chi connectivity index (χ3v) is 2.04. The minimum Gasteiger partial charge on any atom is -0.292 e. The van der Waals surface area contributed by atoms with Crippen molar-refractivity contribution >= 4 is 17.4 Å². The summed E-state index contributed by atoms with van der Waals surface area (Å²) in [5.41, 5.74) is 1.59. The molecule has 0 radical (unpaired) electrons. The fourth-order valence-corrected chi connectivity index (χ4v) is 1.42. The lowest BCUT2D eigenvalue weighted by atomic mass is 10.2. The van der Waals surface area contributed by atoms with Gasteiger partial charge in [-0.1, -0.05) is 17.7 Å². The molecule has 1 aliphatic carbocycles. The van der Waals surface area contributed by atoms with Gasteiger partial charge in [0.25, 0.3) is 0 Å². The smallest absolute Gasteiger partial charge is 0.181 e. The van der Waals surface area contributed by atoms with Crippen molar-refractivity contribution in [2.45, 2.75) is 12.8 Å². The number of aryl methyl sites for hydroxylation is 1.